The Morgan fingerprint density at radius 1 is 1.29 bits per heavy atom. The monoisotopic (exact) mass is 227 g/mol. The van der Waals surface area contributed by atoms with Crippen LogP contribution in [0, 0.1) is 0 Å². The first-order valence-corrected chi connectivity index (χ1v) is 6.13. The van der Waals surface area contributed by atoms with Gasteiger partial charge in [-0.3, -0.25) is 0 Å². The Hall–Kier alpha value is -1.70. The largest absolute Gasteiger partial charge is 0.496 e. The van der Waals surface area contributed by atoms with Gasteiger partial charge in [-0.2, -0.15) is 0 Å². The first kappa shape index (κ1) is 10.5. The van der Waals surface area contributed by atoms with E-state index in [1.807, 2.05) is 12.1 Å². The maximum Gasteiger partial charge on any atom is 0.128 e. The van der Waals surface area contributed by atoms with Crippen molar-refractivity contribution in [2.45, 2.75) is 19.3 Å². The summed E-state index contributed by atoms with van der Waals surface area (Å²) in [5, 5.41) is 1.21. The second-order valence-corrected chi connectivity index (χ2v) is 4.60. The quantitative estimate of drug-likeness (QED) is 0.762. The van der Waals surface area contributed by atoms with Crippen LogP contribution < -0.4 is 4.74 Å². The van der Waals surface area contributed by atoms with Gasteiger partial charge in [-0.15, -0.1) is 0 Å². The van der Waals surface area contributed by atoms with Crippen molar-refractivity contribution < 1.29 is 4.74 Å². The molecule has 2 heteroatoms. The van der Waals surface area contributed by atoms with Crippen LogP contribution in [0.25, 0.3) is 16.5 Å². The molecule has 88 valence electrons. The van der Waals surface area contributed by atoms with E-state index >= 15 is 0 Å². The van der Waals surface area contributed by atoms with Gasteiger partial charge in [0.1, 0.15) is 5.75 Å². The lowest BCUT2D eigenvalue weighted by molar-refractivity contribution is 0.420. The molecular formula is C15H17NO. The Bertz CT molecular complexity index is 592. The summed E-state index contributed by atoms with van der Waals surface area (Å²) in [6.07, 6.45) is 6.06. The molecule has 0 N–H and O–H groups in total. The van der Waals surface area contributed by atoms with Gasteiger partial charge in [0.25, 0.3) is 0 Å². The van der Waals surface area contributed by atoms with Gasteiger partial charge in [0, 0.05) is 18.1 Å². The molecule has 2 nitrogen and oxygen atoms in total. The first-order valence-electron chi connectivity index (χ1n) is 6.13. The number of hydrogen-bond acceptors (Lipinski definition) is 1. The van der Waals surface area contributed by atoms with E-state index in [1.165, 1.54) is 41.4 Å². The minimum Gasteiger partial charge on any atom is -0.496 e. The Kier molecular flexibility index (Phi) is 2.43. The zero-order chi connectivity index (χ0) is 11.8. The standard InChI is InChI=1S/C15H17NO/c1-16-13-8-5-9-15(17-2)12(13)10-14(16)11-6-3-4-7-11/h5-6,8-10H,3-4,7H2,1-2H3. The zero-order valence-corrected chi connectivity index (χ0v) is 10.4. The third-order valence-electron chi connectivity index (χ3n) is 3.64. The number of fused-ring (bicyclic) bond motifs is 1. The van der Waals surface area contributed by atoms with Crippen molar-refractivity contribution in [1.29, 1.82) is 0 Å². The van der Waals surface area contributed by atoms with Gasteiger partial charge in [-0.25, -0.2) is 0 Å². The molecule has 3 rings (SSSR count). The van der Waals surface area contributed by atoms with Gasteiger partial charge in [-0.05, 0) is 43.0 Å². The number of aryl methyl sites for hydroxylation is 1. The van der Waals surface area contributed by atoms with Gasteiger partial charge in [-0.1, -0.05) is 12.1 Å². The normalized spacial score (nSPS) is 15.3. The summed E-state index contributed by atoms with van der Waals surface area (Å²) in [6.45, 7) is 0. The SMILES string of the molecule is COc1cccc2c1cc(C1=CCCC1)n2C. The van der Waals surface area contributed by atoms with Crippen LogP contribution >= 0.6 is 0 Å². The lowest BCUT2D eigenvalue weighted by Crippen LogP contribution is -1.93. The molecule has 0 amide bonds. The van der Waals surface area contributed by atoms with Gasteiger partial charge in [0.2, 0.25) is 0 Å². The summed E-state index contributed by atoms with van der Waals surface area (Å²) in [4.78, 5) is 0. The molecule has 1 heterocycles. The molecule has 0 unspecified atom stereocenters. The molecule has 17 heavy (non-hydrogen) atoms. The smallest absolute Gasteiger partial charge is 0.128 e. The molecule has 1 aromatic heterocycles. The number of aromatic nitrogens is 1. The lowest BCUT2D eigenvalue weighted by atomic mass is 10.1. The molecular weight excluding hydrogens is 210 g/mol. The van der Waals surface area contributed by atoms with E-state index in [2.05, 4.69) is 29.8 Å². The van der Waals surface area contributed by atoms with Crippen LogP contribution in [0.3, 0.4) is 0 Å². The van der Waals surface area contributed by atoms with Crippen LogP contribution in [0.4, 0.5) is 0 Å². The predicted octanol–water partition coefficient (Wildman–Crippen LogP) is 3.75. The van der Waals surface area contributed by atoms with Crippen molar-refractivity contribution in [2.75, 3.05) is 7.11 Å². The number of hydrogen-bond donors (Lipinski definition) is 0. The van der Waals surface area contributed by atoms with Crippen molar-refractivity contribution in [2.24, 2.45) is 7.05 Å². The molecule has 1 aliphatic carbocycles. The van der Waals surface area contributed by atoms with E-state index in [0.29, 0.717) is 0 Å². The van der Waals surface area contributed by atoms with Crippen molar-refractivity contribution in [3.05, 3.63) is 36.0 Å². The number of allylic oxidation sites excluding steroid dienone is 2. The summed E-state index contributed by atoms with van der Waals surface area (Å²) in [5.41, 5.74) is 4.06. The van der Waals surface area contributed by atoms with Crippen molar-refractivity contribution in [1.82, 2.24) is 4.57 Å². The topological polar surface area (TPSA) is 14.2 Å². The molecule has 1 aliphatic rings. The van der Waals surface area contributed by atoms with Crippen LogP contribution in [0.5, 0.6) is 5.75 Å². The van der Waals surface area contributed by atoms with Crippen LogP contribution in [0.15, 0.2) is 30.3 Å². The minimum atomic E-state index is 0.961. The highest BCUT2D eigenvalue weighted by Gasteiger charge is 2.14. The van der Waals surface area contributed by atoms with Crippen LogP contribution in [0.1, 0.15) is 25.0 Å². The fourth-order valence-corrected chi connectivity index (χ4v) is 2.72. The Morgan fingerprint density at radius 3 is 2.88 bits per heavy atom. The first-order chi connectivity index (χ1) is 8.31. The van der Waals surface area contributed by atoms with Crippen LogP contribution in [0.2, 0.25) is 0 Å². The fourth-order valence-electron chi connectivity index (χ4n) is 2.72. The highest BCUT2D eigenvalue weighted by Crippen LogP contribution is 2.34. The average Bonchev–Trinajstić information content (AvgIpc) is 2.97. The predicted molar refractivity (Wildman–Crippen MR) is 71.3 cm³/mol. The summed E-state index contributed by atoms with van der Waals surface area (Å²) >= 11 is 0. The maximum atomic E-state index is 5.43. The Morgan fingerprint density at radius 2 is 2.18 bits per heavy atom. The highest BCUT2D eigenvalue weighted by atomic mass is 16.5. The molecule has 0 bridgehead atoms. The number of methoxy groups -OCH3 is 1. The molecule has 0 saturated heterocycles. The van der Waals surface area contributed by atoms with E-state index in [9.17, 15) is 0 Å². The van der Waals surface area contributed by atoms with E-state index in [-0.39, 0.29) is 0 Å². The number of nitrogens with zero attached hydrogens (tertiary/aromatic N) is 1. The van der Waals surface area contributed by atoms with Crippen molar-refractivity contribution in [3.8, 4) is 5.75 Å². The van der Waals surface area contributed by atoms with Gasteiger partial charge < -0.3 is 9.30 Å². The summed E-state index contributed by atoms with van der Waals surface area (Å²) < 4.78 is 7.70. The van der Waals surface area contributed by atoms with Gasteiger partial charge in [0.15, 0.2) is 0 Å². The van der Waals surface area contributed by atoms with E-state index in [1.54, 1.807) is 7.11 Å². The van der Waals surface area contributed by atoms with Gasteiger partial charge >= 0.3 is 0 Å². The van der Waals surface area contributed by atoms with Crippen molar-refractivity contribution in [3.63, 3.8) is 0 Å². The Labute approximate surface area is 102 Å². The zero-order valence-electron chi connectivity index (χ0n) is 10.4. The molecule has 2 aromatic rings. The molecule has 0 saturated carbocycles. The summed E-state index contributed by atoms with van der Waals surface area (Å²) in [5.74, 6) is 0.961. The molecule has 0 spiro atoms. The summed E-state index contributed by atoms with van der Waals surface area (Å²) in [7, 11) is 3.87. The second kappa shape index (κ2) is 3.95. The average molecular weight is 227 g/mol. The molecule has 0 aliphatic heterocycles. The van der Waals surface area contributed by atoms with Crippen molar-refractivity contribution >= 4 is 16.5 Å². The molecule has 0 atom stereocenters. The third-order valence-corrected chi connectivity index (χ3v) is 3.64. The highest BCUT2D eigenvalue weighted by molar-refractivity contribution is 5.90. The number of ether oxygens (including phenoxy) is 1. The lowest BCUT2D eigenvalue weighted by Gasteiger charge is -2.05. The molecule has 1 aromatic carbocycles. The molecule has 0 radical (unpaired) electrons. The third kappa shape index (κ3) is 1.55. The maximum absolute atomic E-state index is 5.43. The molecule has 0 fully saturated rings. The van der Waals surface area contributed by atoms with Crippen LogP contribution in [-0.4, -0.2) is 11.7 Å². The number of benzene rings is 1. The van der Waals surface area contributed by atoms with E-state index in [4.69, 9.17) is 4.74 Å². The summed E-state index contributed by atoms with van der Waals surface area (Å²) in [6, 6.07) is 8.48. The van der Waals surface area contributed by atoms with Gasteiger partial charge in [0.05, 0.1) is 12.6 Å². The Balaban J connectivity index is 2.24. The second-order valence-electron chi connectivity index (χ2n) is 4.60. The van der Waals surface area contributed by atoms with Crippen LogP contribution in [-0.2, 0) is 7.05 Å². The fraction of sp³-hybridized carbons (Fsp3) is 0.333. The van der Waals surface area contributed by atoms with E-state index < -0.39 is 0 Å². The van der Waals surface area contributed by atoms with E-state index in [0.717, 1.165) is 5.75 Å². The minimum absolute atomic E-state index is 0.961. The number of rotatable bonds is 2.